The van der Waals surface area contributed by atoms with E-state index in [9.17, 15) is 9.90 Å². The largest absolute Gasteiger partial charge is 0.480 e. The first-order chi connectivity index (χ1) is 6.64. The first kappa shape index (κ1) is 12.2. The van der Waals surface area contributed by atoms with E-state index in [1.54, 1.807) is 6.92 Å². The third kappa shape index (κ3) is 2.79. The highest BCUT2D eigenvalue weighted by Gasteiger charge is 2.43. The van der Waals surface area contributed by atoms with Crippen molar-refractivity contribution >= 4 is 23.3 Å². The molecule has 0 unspecified atom stereocenters. The molecule has 1 atom stereocenters. The van der Waals surface area contributed by atoms with Gasteiger partial charge in [-0.25, -0.2) is 0 Å². The molecular formula is C9H16N2O3S. The molecule has 0 aromatic rings. The van der Waals surface area contributed by atoms with E-state index in [-0.39, 0.29) is 17.2 Å². The predicted octanol–water partition coefficient (Wildman–Crippen LogP) is 0.138. The highest BCUT2D eigenvalue weighted by molar-refractivity contribution is 7.80. The highest BCUT2D eigenvalue weighted by atomic mass is 32.1. The third-order valence-corrected chi connectivity index (χ3v) is 2.66. The lowest BCUT2D eigenvalue weighted by molar-refractivity contribution is -0.146. The second-order valence-electron chi connectivity index (χ2n) is 4.69. The van der Waals surface area contributed by atoms with Crippen LogP contribution in [0.25, 0.3) is 0 Å². The number of thiocarbonyl (C=S) groups is 1. The van der Waals surface area contributed by atoms with Crippen molar-refractivity contribution in [2.75, 3.05) is 6.54 Å². The van der Waals surface area contributed by atoms with Gasteiger partial charge in [0, 0.05) is 12.0 Å². The van der Waals surface area contributed by atoms with Crippen molar-refractivity contribution in [3.05, 3.63) is 0 Å². The van der Waals surface area contributed by atoms with Crippen LogP contribution >= 0.6 is 12.2 Å². The molecular weight excluding hydrogens is 216 g/mol. The van der Waals surface area contributed by atoms with Crippen LogP contribution in [0.3, 0.4) is 0 Å². The number of nitrogens with zero attached hydrogens (tertiary/aromatic N) is 1. The van der Waals surface area contributed by atoms with Gasteiger partial charge in [0.05, 0.1) is 0 Å². The van der Waals surface area contributed by atoms with E-state index in [1.165, 1.54) is 4.90 Å². The fourth-order valence-corrected chi connectivity index (χ4v) is 2.47. The van der Waals surface area contributed by atoms with Crippen LogP contribution in [0.4, 0.5) is 0 Å². The van der Waals surface area contributed by atoms with Gasteiger partial charge in [-0.1, -0.05) is 0 Å². The van der Waals surface area contributed by atoms with Gasteiger partial charge in [-0.15, -0.1) is 0 Å². The molecule has 0 amide bonds. The minimum absolute atomic E-state index is 0.277. The molecule has 6 heteroatoms. The summed E-state index contributed by atoms with van der Waals surface area (Å²) in [7, 11) is 0. The Morgan fingerprint density at radius 3 is 2.53 bits per heavy atom. The van der Waals surface area contributed by atoms with Crippen LogP contribution in [-0.4, -0.2) is 44.0 Å². The smallest absolute Gasteiger partial charge is 0.323 e. The van der Waals surface area contributed by atoms with Crippen molar-refractivity contribution in [2.45, 2.75) is 38.5 Å². The summed E-state index contributed by atoms with van der Waals surface area (Å²) in [6.07, 6.45) is 0.410. The van der Waals surface area contributed by atoms with Crippen LogP contribution < -0.4 is 5.32 Å². The molecule has 1 aliphatic heterocycles. The Morgan fingerprint density at radius 2 is 2.13 bits per heavy atom. The standard InChI is InChI=1S/C9H16N2O3S/c1-8(2)5-9(3,14)11(4-6(12)13)7(15)10-8/h14H,4-5H2,1-3H3,(H,10,15)(H,12,13)/t9-/m0/s1. The lowest BCUT2D eigenvalue weighted by atomic mass is 9.90. The Hall–Kier alpha value is -0.880. The van der Waals surface area contributed by atoms with E-state index < -0.39 is 11.7 Å². The maximum absolute atomic E-state index is 10.6. The number of hydrogen-bond acceptors (Lipinski definition) is 3. The highest BCUT2D eigenvalue weighted by Crippen LogP contribution is 2.28. The van der Waals surface area contributed by atoms with E-state index in [0.29, 0.717) is 6.42 Å². The fourth-order valence-electron chi connectivity index (χ4n) is 1.93. The van der Waals surface area contributed by atoms with Gasteiger partial charge in [0.1, 0.15) is 12.3 Å². The van der Waals surface area contributed by atoms with Crippen LogP contribution in [0.5, 0.6) is 0 Å². The van der Waals surface area contributed by atoms with Gasteiger partial charge in [-0.05, 0) is 33.0 Å². The minimum Gasteiger partial charge on any atom is -0.480 e. The average molecular weight is 232 g/mol. The zero-order chi connectivity index (χ0) is 11.9. The van der Waals surface area contributed by atoms with E-state index in [4.69, 9.17) is 17.3 Å². The van der Waals surface area contributed by atoms with Gasteiger partial charge in [0.2, 0.25) is 0 Å². The molecule has 15 heavy (non-hydrogen) atoms. The molecule has 5 nitrogen and oxygen atoms in total. The van der Waals surface area contributed by atoms with Gasteiger partial charge >= 0.3 is 5.97 Å². The van der Waals surface area contributed by atoms with E-state index in [0.717, 1.165) is 0 Å². The molecule has 1 aliphatic rings. The fraction of sp³-hybridized carbons (Fsp3) is 0.778. The Balaban J connectivity index is 2.89. The molecule has 0 saturated carbocycles. The zero-order valence-electron chi connectivity index (χ0n) is 9.07. The van der Waals surface area contributed by atoms with Crippen LogP contribution in [0.15, 0.2) is 0 Å². The van der Waals surface area contributed by atoms with E-state index in [2.05, 4.69) is 5.32 Å². The van der Waals surface area contributed by atoms with Crippen molar-refractivity contribution in [2.24, 2.45) is 0 Å². The summed E-state index contributed by atoms with van der Waals surface area (Å²) < 4.78 is 0. The quantitative estimate of drug-likeness (QED) is 0.588. The van der Waals surface area contributed by atoms with Crippen LogP contribution in [0.2, 0.25) is 0 Å². The number of carbonyl (C=O) groups is 1. The number of carboxylic acids is 1. The summed E-state index contributed by atoms with van der Waals surface area (Å²) >= 11 is 5.03. The molecule has 0 bridgehead atoms. The van der Waals surface area contributed by atoms with Crippen LogP contribution in [0, 0.1) is 0 Å². The number of rotatable bonds is 2. The van der Waals surface area contributed by atoms with Gasteiger partial charge in [0.25, 0.3) is 0 Å². The molecule has 86 valence electrons. The lowest BCUT2D eigenvalue weighted by Gasteiger charge is -2.49. The van der Waals surface area contributed by atoms with Gasteiger partial charge in [-0.3, -0.25) is 4.79 Å². The predicted molar refractivity (Wildman–Crippen MR) is 59.4 cm³/mol. The zero-order valence-corrected chi connectivity index (χ0v) is 9.89. The van der Waals surface area contributed by atoms with Crippen molar-refractivity contribution in [3.8, 4) is 0 Å². The molecule has 1 heterocycles. The summed E-state index contributed by atoms with van der Waals surface area (Å²) in [5.41, 5.74) is -1.54. The number of nitrogens with one attached hydrogen (secondary N) is 1. The van der Waals surface area contributed by atoms with Gasteiger partial charge in [-0.2, -0.15) is 0 Å². The first-order valence-electron chi connectivity index (χ1n) is 4.68. The average Bonchev–Trinajstić information content (AvgIpc) is 1.93. The molecule has 3 N–H and O–H groups in total. The molecule has 0 spiro atoms. The summed E-state index contributed by atoms with van der Waals surface area (Å²) in [5, 5.41) is 22.1. The molecule has 1 rings (SSSR count). The SMILES string of the molecule is CC1(C)C[C@](C)(O)N(CC(=O)O)C(=S)N1. The Bertz CT molecular complexity index is 302. The van der Waals surface area contributed by atoms with E-state index >= 15 is 0 Å². The van der Waals surface area contributed by atoms with Crippen molar-refractivity contribution in [1.29, 1.82) is 0 Å². The Morgan fingerprint density at radius 1 is 1.60 bits per heavy atom. The number of aliphatic carboxylic acids is 1. The maximum atomic E-state index is 10.6. The first-order valence-corrected chi connectivity index (χ1v) is 5.09. The van der Waals surface area contributed by atoms with Gasteiger partial charge in [0.15, 0.2) is 5.11 Å². The summed E-state index contributed by atoms with van der Waals surface area (Å²) in [6, 6.07) is 0. The Kier molecular flexibility index (Phi) is 2.93. The normalized spacial score (nSPS) is 29.9. The summed E-state index contributed by atoms with van der Waals surface area (Å²) in [6.45, 7) is 5.09. The Labute approximate surface area is 94.1 Å². The van der Waals surface area contributed by atoms with E-state index in [1.807, 2.05) is 13.8 Å². The molecule has 0 aromatic carbocycles. The van der Waals surface area contributed by atoms with Crippen LogP contribution in [-0.2, 0) is 4.79 Å². The molecule has 0 radical (unpaired) electrons. The second kappa shape index (κ2) is 3.61. The lowest BCUT2D eigenvalue weighted by Crippen LogP contribution is -2.67. The number of hydrogen-bond donors (Lipinski definition) is 3. The topological polar surface area (TPSA) is 72.8 Å². The summed E-state index contributed by atoms with van der Waals surface area (Å²) in [4.78, 5) is 11.9. The third-order valence-electron chi connectivity index (χ3n) is 2.34. The van der Waals surface area contributed by atoms with Crippen molar-refractivity contribution < 1.29 is 15.0 Å². The van der Waals surface area contributed by atoms with Crippen molar-refractivity contribution in [3.63, 3.8) is 0 Å². The minimum atomic E-state index is -1.22. The molecule has 1 saturated heterocycles. The number of carboxylic acid groups (broad SMARTS) is 1. The van der Waals surface area contributed by atoms with Crippen LogP contribution in [0.1, 0.15) is 27.2 Å². The van der Waals surface area contributed by atoms with Crippen molar-refractivity contribution in [1.82, 2.24) is 10.2 Å². The molecule has 0 aliphatic carbocycles. The summed E-state index contributed by atoms with van der Waals surface area (Å²) in [5.74, 6) is -1.01. The second-order valence-corrected chi connectivity index (χ2v) is 5.07. The molecule has 0 aromatic heterocycles. The van der Waals surface area contributed by atoms with Gasteiger partial charge < -0.3 is 20.4 Å². The number of aliphatic hydroxyl groups is 1. The maximum Gasteiger partial charge on any atom is 0.323 e. The molecule has 1 fully saturated rings. The monoisotopic (exact) mass is 232 g/mol.